The molecule has 6 rings (SSSR count). The molecule has 3 aliphatic rings. The van der Waals surface area contributed by atoms with E-state index in [2.05, 4.69) is 20.9 Å². The van der Waals surface area contributed by atoms with Gasteiger partial charge in [0.2, 0.25) is 18.3 Å². The first-order valence-corrected chi connectivity index (χ1v) is 14.2. The first-order valence-electron chi connectivity index (χ1n) is 14.2. The summed E-state index contributed by atoms with van der Waals surface area (Å²) in [4.78, 5) is 30.4. The highest BCUT2D eigenvalue weighted by Gasteiger charge is 2.40. The molecule has 9 nitrogen and oxygen atoms in total. The van der Waals surface area contributed by atoms with Gasteiger partial charge in [0.25, 0.3) is 5.91 Å². The smallest absolute Gasteiger partial charge is 0.257 e. The number of nitrogens with one attached hydrogen (secondary N) is 2. The fraction of sp³-hybridized carbons (Fsp3) is 0.607. The number of nitrogens with zero attached hydrogens (tertiary/aromatic N) is 4. The summed E-state index contributed by atoms with van der Waals surface area (Å²) < 4.78 is 59.8. The molecular weight excluding hydrogens is 544 g/mol. The molecule has 0 bridgehead atoms. The third kappa shape index (κ3) is 6.38. The van der Waals surface area contributed by atoms with Crippen LogP contribution in [0.15, 0.2) is 29.2 Å². The zero-order valence-electron chi connectivity index (χ0n) is 22.4. The number of hydrogen-bond donors (Lipinski definition) is 2. The average Bonchev–Trinajstić information content (AvgIpc) is 3.87. The number of amides is 2. The monoisotopic (exact) mass is 576 g/mol. The Morgan fingerprint density at radius 2 is 1.78 bits per heavy atom. The predicted molar refractivity (Wildman–Crippen MR) is 137 cm³/mol. The van der Waals surface area contributed by atoms with Gasteiger partial charge >= 0.3 is 0 Å². The van der Waals surface area contributed by atoms with Crippen LogP contribution in [0, 0.1) is 11.8 Å². The number of rotatable bonds is 11. The van der Waals surface area contributed by atoms with Crippen LogP contribution in [0.25, 0.3) is 5.65 Å². The third-order valence-corrected chi connectivity index (χ3v) is 8.36. The Morgan fingerprint density at radius 3 is 2.46 bits per heavy atom. The fourth-order valence-electron chi connectivity index (χ4n) is 5.73. The van der Waals surface area contributed by atoms with Gasteiger partial charge in [0.15, 0.2) is 5.65 Å². The van der Waals surface area contributed by atoms with Gasteiger partial charge in [-0.1, -0.05) is 5.16 Å². The maximum absolute atomic E-state index is 14.0. The number of carbonyl (C=O) groups is 2. The zero-order chi connectivity index (χ0) is 28.7. The van der Waals surface area contributed by atoms with Crippen LogP contribution >= 0.6 is 0 Å². The quantitative estimate of drug-likeness (QED) is 0.291. The number of alkyl halides is 4. The molecular formula is C28H32F4N6O3. The van der Waals surface area contributed by atoms with Gasteiger partial charge in [0.05, 0.1) is 35.9 Å². The first-order chi connectivity index (χ1) is 19.7. The summed E-state index contributed by atoms with van der Waals surface area (Å²) in [5.74, 6) is -3.45. The highest BCUT2D eigenvalue weighted by molar-refractivity contribution is 5.95. The predicted octanol–water partition coefficient (Wildman–Crippen LogP) is 5.50. The van der Waals surface area contributed by atoms with Crippen molar-refractivity contribution >= 4 is 17.5 Å². The zero-order valence-corrected chi connectivity index (χ0v) is 22.4. The van der Waals surface area contributed by atoms with Gasteiger partial charge in [-0.3, -0.25) is 9.59 Å². The molecule has 0 radical (unpaired) electrons. The van der Waals surface area contributed by atoms with Crippen LogP contribution in [-0.2, 0) is 4.79 Å². The lowest BCUT2D eigenvalue weighted by molar-refractivity contribution is -0.122. The van der Waals surface area contributed by atoms with Crippen LogP contribution in [0.5, 0.6) is 0 Å². The SMILES string of the molecule is O=C(CCC(F)F)NC(c1cnn2cc([C@@H](NC(=O)c3conc3C3CC3)C3CCC(F)(F)CC3)nc2c1)C1CC1. The number of halogens is 4. The van der Waals surface area contributed by atoms with Crippen LogP contribution in [-0.4, -0.2) is 43.9 Å². The molecule has 3 fully saturated rings. The second-order valence-electron chi connectivity index (χ2n) is 11.6. The molecule has 1 unspecified atom stereocenters. The molecule has 3 aromatic rings. The Kier molecular flexibility index (Phi) is 7.45. The van der Waals surface area contributed by atoms with E-state index in [4.69, 9.17) is 9.51 Å². The molecule has 0 aliphatic heterocycles. The van der Waals surface area contributed by atoms with Gasteiger partial charge in [-0.25, -0.2) is 27.1 Å². The van der Waals surface area contributed by atoms with E-state index in [1.54, 1.807) is 23.0 Å². The Hall–Kier alpha value is -3.51. The summed E-state index contributed by atoms with van der Waals surface area (Å²) in [5, 5.41) is 14.4. The van der Waals surface area contributed by atoms with Gasteiger partial charge in [-0.05, 0) is 62.0 Å². The largest absolute Gasteiger partial charge is 0.364 e. The van der Waals surface area contributed by atoms with E-state index in [0.717, 1.165) is 25.7 Å². The van der Waals surface area contributed by atoms with Gasteiger partial charge in [0, 0.05) is 31.6 Å². The molecule has 0 saturated heterocycles. The Labute approximate surface area is 233 Å². The molecule has 41 heavy (non-hydrogen) atoms. The van der Waals surface area contributed by atoms with Crippen LogP contribution in [0.4, 0.5) is 17.6 Å². The standard InChI is InChI=1S/C28H32F4N6O3/c29-21(30)5-6-23(39)35-24(15-1-2-15)18-11-22-34-20(13-38(22)33-12-18)26(17-7-9-28(31,32)10-8-17)36-27(40)19-14-41-37-25(19)16-3-4-16/h11-17,21,24,26H,1-10H2,(H,35,39)(H,36,40)/t24?,26-/m0/s1. The topological polar surface area (TPSA) is 114 Å². The van der Waals surface area contributed by atoms with Crippen LogP contribution in [0.3, 0.4) is 0 Å². The molecule has 3 saturated carbocycles. The molecule has 2 N–H and O–H groups in total. The third-order valence-electron chi connectivity index (χ3n) is 8.36. The molecule has 3 aliphatic carbocycles. The highest BCUT2D eigenvalue weighted by Crippen LogP contribution is 2.44. The van der Waals surface area contributed by atoms with Crippen molar-refractivity contribution in [3.05, 3.63) is 47.2 Å². The molecule has 3 heterocycles. The average molecular weight is 577 g/mol. The summed E-state index contributed by atoms with van der Waals surface area (Å²) in [6.07, 6.45) is 4.87. The second-order valence-corrected chi connectivity index (χ2v) is 11.6. The summed E-state index contributed by atoms with van der Waals surface area (Å²) >= 11 is 0. The molecule has 220 valence electrons. The first kappa shape index (κ1) is 27.6. The van der Waals surface area contributed by atoms with E-state index >= 15 is 0 Å². The molecule has 3 aromatic heterocycles. The summed E-state index contributed by atoms with van der Waals surface area (Å²) in [5.41, 5.74) is 2.62. The summed E-state index contributed by atoms with van der Waals surface area (Å²) in [6.45, 7) is 0. The van der Waals surface area contributed by atoms with Crippen molar-refractivity contribution in [1.29, 1.82) is 0 Å². The minimum absolute atomic E-state index is 0.185. The molecule has 13 heteroatoms. The van der Waals surface area contributed by atoms with Crippen molar-refractivity contribution in [2.75, 3.05) is 0 Å². The molecule has 2 atom stereocenters. The lowest BCUT2D eigenvalue weighted by Crippen LogP contribution is -2.37. The van der Waals surface area contributed by atoms with Crippen LogP contribution in [0.2, 0.25) is 0 Å². The summed E-state index contributed by atoms with van der Waals surface area (Å²) in [7, 11) is 0. The van der Waals surface area contributed by atoms with Crippen molar-refractivity contribution in [3.8, 4) is 0 Å². The number of imidazole rings is 1. The van der Waals surface area contributed by atoms with E-state index in [-0.39, 0.29) is 61.8 Å². The van der Waals surface area contributed by atoms with Crippen molar-refractivity contribution < 1.29 is 31.7 Å². The Balaban J connectivity index is 1.26. The number of fused-ring (bicyclic) bond motifs is 1. The molecule has 0 aromatic carbocycles. The van der Waals surface area contributed by atoms with E-state index in [9.17, 15) is 27.2 Å². The normalized spacial score (nSPS) is 20.7. The van der Waals surface area contributed by atoms with Gasteiger partial charge in [-0.2, -0.15) is 5.10 Å². The number of hydrogen-bond acceptors (Lipinski definition) is 6. The molecule has 2 amide bonds. The highest BCUT2D eigenvalue weighted by atomic mass is 19.3. The fourth-order valence-corrected chi connectivity index (χ4v) is 5.73. The lowest BCUT2D eigenvalue weighted by atomic mass is 9.81. The Bertz CT molecular complexity index is 1410. The maximum atomic E-state index is 14.0. The van der Waals surface area contributed by atoms with E-state index < -0.39 is 30.7 Å². The minimum Gasteiger partial charge on any atom is -0.364 e. The van der Waals surface area contributed by atoms with Gasteiger partial charge in [0.1, 0.15) is 11.8 Å². The minimum atomic E-state index is -2.73. The number of aromatic nitrogens is 4. The van der Waals surface area contributed by atoms with Crippen molar-refractivity contribution in [2.24, 2.45) is 11.8 Å². The van der Waals surface area contributed by atoms with E-state index in [1.807, 2.05) is 0 Å². The number of carbonyl (C=O) groups excluding carboxylic acids is 2. The van der Waals surface area contributed by atoms with Crippen LogP contribution < -0.4 is 10.6 Å². The van der Waals surface area contributed by atoms with Gasteiger partial charge < -0.3 is 15.2 Å². The summed E-state index contributed by atoms with van der Waals surface area (Å²) in [6, 6.07) is 0.772. The van der Waals surface area contributed by atoms with E-state index in [1.165, 1.54) is 6.26 Å². The lowest BCUT2D eigenvalue weighted by Gasteiger charge is -2.33. The van der Waals surface area contributed by atoms with Crippen LogP contribution in [0.1, 0.15) is 110 Å². The second kappa shape index (κ2) is 11.1. The van der Waals surface area contributed by atoms with Crippen molar-refractivity contribution in [1.82, 2.24) is 30.4 Å². The maximum Gasteiger partial charge on any atom is 0.257 e. The molecule has 0 spiro atoms. The Morgan fingerprint density at radius 1 is 1.05 bits per heavy atom. The van der Waals surface area contributed by atoms with Crippen molar-refractivity contribution in [2.45, 2.75) is 94.6 Å². The van der Waals surface area contributed by atoms with E-state index in [0.29, 0.717) is 28.2 Å². The van der Waals surface area contributed by atoms with Gasteiger partial charge in [-0.15, -0.1) is 0 Å². The van der Waals surface area contributed by atoms with Crippen molar-refractivity contribution in [3.63, 3.8) is 0 Å².